The summed E-state index contributed by atoms with van der Waals surface area (Å²) in [6.45, 7) is 3.69. The lowest BCUT2D eigenvalue weighted by molar-refractivity contribution is -0.115. The van der Waals surface area contributed by atoms with Gasteiger partial charge in [-0.25, -0.2) is 9.07 Å². The van der Waals surface area contributed by atoms with E-state index in [4.69, 9.17) is 5.84 Å². The number of aromatic nitrogens is 3. The summed E-state index contributed by atoms with van der Waals surface area (Å²) in [4.78, 5) is 12.3. The molecule has 1 atom stereocenters. The van der Waals surface area contributed by atoms with Gasteiger partial charge in [0, 0.05) is 5.56 Å². The summed E-state index contributed by atoms with van der Waals surface area (Å²) in [6, 6.07) is 13.7. The molecule has 0 fully saturated rings. The van der Waals surface area contributed by atoms with E-state index in [1.807, 2.05) is 31.2 Å². The highest BCUT2D eigenvalue weighted by Gasteiger charge is 2.20. The Bertz CT molecular complexity index is 926. The molecule has 1 amide bonds. The maximum Gasteiger partial charge on any atom is 0.237 e. The Morgan fingerprint density at radius 2 is 1.88 bits per heavy atom. The number of carbonyl (C=O) groups is 1. The molecule has 2 aromatic carbocycles. The number of anilines is 1. The van der Waals surface area contributed by atoms with E-state index in [1.54, 1.807) is 19.1 Å². The highest BCUT2D eigenvalue weighted by atomic mass is 32.2. The molecule has 0 unspecified atom stereocenters. The summed E-state index contributed by atoms with van der Waals surface area (Å²) in [5, 5.41) is 10.6. The molecule has 0 spiro atoms. The quantitative estimate of drug-likeness (QED) is 0.531. The van der Waals surface area contributed by atoms with Crippen LogP contribution < -0.4 is 11.2 Å². The molecule has 3 N–H and O–H groups in total. The predicted octanol–water partition coefficient (Wildman–Crippen LogP) is 3.23. The molecule has 26 heavy (non-hydrogen) atoms. The van der Waals surface area contributed by atoms with Gasteiger partial charge in [0.2, 0.25) is 11.1 Å². The van der Waals surface area contributed by atoms with Gasteiger partial charge in [0.05, 0.1) is 10.9 Å². The first-order chi connectivity index (χ1) is 12.5. The molecule has 134 valence electrons. The molecule has 0 aliphatic carbocycles. The molecule has 0 aliphatic rings. The molecule has 8 heteroatoms. The molecule has 6 nitrogen and oxygen atoms in total. The van der Waals surface area contributed by atoms with Gasteiger partial charge < -0.3 is 11.2 Å². The number of nitrogens with one attached hydrogen (secondary N) is 1. The van der Waals surface area contributed by atoms with Crippen LogP contribution in [0.2, 0.25) is 0 Å². The van der Waals surface area contributed by atoms with Crippen molar-refractivity contribution in [2.75, 3.05) is 11.2 Å². The van der Waals surface area contributed by atoms with E-state index < -0.39 is 11.1 Å². The monoisotopic (exact) mass is 371 g/mol. The van der Waals surface area contributed by atoms with Crippen LogP contribution in [-0.2, 0) is 4.79 Å². The third kappa shape index (κ3) is 3.85. The standard InChI is InChI=1S/C18H18FN5OS/c1-11-7-9-13(10-8-11)16-22-23-18(24(16)20)26-12(2)17(25)21-15-6-4-3-5-14(15)19/h3-10,12H,20H2,1-2H3,(H,21,25)/t12-/m1/s1. The van der Waals surface area contributed by atoms with Gasteiger partial charge in [-0.15, -0.1) is 10.2 Å². The Kier molecular flexibility index (Phi) is 5.22. The minimum atomic E-state index is -0.535. The second-order valence-corrected chi connectivity index (χ2v) is 7.08. The van der Waals surface area contributed by atoms with Crippen molar-refractivity contribution in [2.24, 2.45) is 0 Å². The van der Waals surface area contributed by atoms with Gasteiger partial charge in [0.25, 0.3) is 0 Å². The first-order valence-electron chi connectivity index (χ1n) is 7.95. The Hall–Kier alpha value is -2.87. The number of aryl methyl sites for hydroxylation is 1. The van der Waals surface area contributed by atoms with Crippen molar-refractivity contribution in [2.45, 2.75) is 24.3 Å². The van der Waals surface area contributed by atoms with Crippen LogP contribution in [0.25, 0.3) is 11.4 Å². The Labute approximate surface area is 154 Å². The molecular formula is C18H18FN5OS. The summed E-state index contributed by atoms with van der Waals surface area (Å²) >= 11 is 1.15. The van der Waals surface area contributed by atoms with E-state index in [1.165, 1.54) is 16.8 Å². The third-order valence-corrected chi connectivity index (χ3v) is 4.81. The Morgan fingerprint density at radius 1 is 1.19 bits per heavy atom. The highest BCUT2D eigenvalue weighted by molar-refractivity contribution is 8.00. The van der Waals surface area contributed by atoms with Crippen LogP contribution in [-0.4, -0.2) is 26.0 Å². The fraction of sp³-hybridized carbons (Fsp3) is 0.167. The molecule has 0 saturated carbocycles. The van der Waals surface area contributed by atoms with Crippen molar-refractivity contribution in [3.05, 3.63) is 59.9 Å². The summed E-state index contributed by atoms with van der Waals surface area (Å²) < 4.78 is 15.0. The second-order valence-electron chi connectivity index (χ2n) is 5.77. The van der Waals surface area contributed by atoms with Gasteiger partial charge >= 0.3 is 0 Å². The van der Waals surface area contributed by atoms with E-state index in [0.717, 1.165) is 22.9 Å². The lowest BCUT2D eigenvalue weighted by Crippen LogP contribution is -2.24. The maximum absolute atomic E-state index is 13.7. The number of nitrogen functional groups attached to an aromatic ring is 1. The maximum atomic E-state index is 13.7. The lowest BCUT2D eigenvalue weighted by atomic mass is 10.1. The van der Waals surface area contributed by atoms with Gasteiger partial charge in [-0.2, -0.15) is 0 Å². The van der Waals surface area contributed by atoms with Crippen LogP contribution in [0.1, 0.15) is 12.5 Å². The zero-order chi connectivity index (χ0) is 18.7. The number of rotatable bonds is 5. The fourth-order valence-corrected chi connectivity index (χ4v) is 3.04. The summed E-state index contributed by atoms with van der Waals surface area (Å²) in [5.41, 5.74) is 2.10. The van der Waals surface area contributed by atoms with Crippen LogP contribution in [0.5, 0.6) is 0 Å². The number of nitrogens with two attached hydrogens (primary N) is 1. The smallest absolute Gasteiger partial charge is 0.237 e. The minimum Gasteiger partial charge on any atom is -0.335 e. The molecular weight excluding hydrogens is 353 g/mol. The van der Waals surface area contributed by atoms with Gasteiger partial charge in [0.15, 0.2) is 5.82 Å². The normalized spacial score (nSPS) is 12.0. The van der Waals surface area contributed by atoms with Crippen molar-refractivity contribution in [3.8, 4) is 11.4 Å². The third-order valence-electron chi connectivity index (χ3n) is 3.76. The zero-order valence-corrected chi connectivity index (χ0v) is 15.1. The topological polar surface area (TPSA) is 85.8 Å². The number of halogens is 1. The summed E-state index contributed by atoms with van der Waals surface area (Å²) in [6.07, 6.45) is 0. The van der Waals surface area contributed by atoms with Crippen molar-refractivity contribution >= 4 is 23.4 Å². The van der Waals surface area contributed by atoms with Gasteiger partial charge in [-0.3, -0.25) is 4.79 Å². The fourth-order valence-electron chi connectivity index (χ4n) is 2.27. The van der Waals surface area contributed by atoms with E-state index in [2.05, 4.69) is 15.5 Å². The first-order valence-corrected chi connectivity index (χ1v) is 8.83. The second kappa shape index (κ2) is 7.57. The van der Waals surface area contributed by atoms with Crippen molar-refractivity contribution in [3.63, 3.8) is 0 Å². The van der Waals surface area contributed by atoms with Crippen LogP contribution in [0.4, 0.5) is 10.1 Å². The molecule has 0 bridgehead atoms. The van der Waals surface area contributed by atoms with E-state index >= 15 is 0 Å². The number of benzene rings is 2. The van der Waals surface area contributed by atoms with Crippen LogP contribution in [0.3, 0.4) is 0 Å². The molecule has 3 rings (SSSR count). The Morgan fingerprint density at radius 3 is 2.58 bits per heavy atom. The average molecular weight is 371 g/mol. The average Bonchev–Trinajstić information content (AvgIpc) is 2.98. The lowest BCUT2D eigenvalue weighted by Gasteiger charge is -2.12. The summed E-state index contributed by atoms with van der Waals surface area (Å²) in [5.74, 6) is 5.75. The first kappa shape index (κ1) is 17.9. The number of thioether (sulfide) groups is 1. The summed E-state index contributed by atoms with van der Waals surface area (Å²) in [7, 11) is 0. The van der Waals surface area contributed by atoms with Crippen molar-refractivity contribution in [1.82, 2.24) is 14.9 Å². The predicted molar refractivity (Wildman–Crippen MR) is 101 cm³/mol. The molecule has 1 aromatic heterocycles. The number of carbonyl (C=O) groups excluding carboxylic acids is 1. The van der Waals surface area contributed by atoms with Crippen molar-refractivity contribution in [1.29, 1.82) is 0 Å². The van der Waals surface area contributed by atoms with E-state index in [9.17, 15) is 9.18 Å². The molecule has 3 aromatic rings. The van der Waals surface area contributed by atoms with Crippen LogP contribution in [0.15, 0.2) is 53.7 Å². The largest absolute Gasteiger partial charge is 0.335 e. The molecule has 1 heterocycles. The number of para-hydroxylation sites is 1. The minimum absolute atomic E-state index is 0.138. The van der Waals surface area contributed by atoms with E-state index in [-0.39, 0.29) is 11.6 Å². The van der Waals surface area contributed by atoms with Gasteiger partial charge in [-0.05, 0) is 26.0 Å². The number of hydrogen-bond acceptors (Lipinski definition) is 5. The molecule has 0 aliphatic heterocycles. The van der Waals surface area contributed by atoms with Crippen molar-refractivity contribution < 1.29 is 9.18 Å². The van der Waals surface area contributed by atoms with E-state index in [0.29, 0.717) is 11.0 Å². The molecule has 0 radical (unpaired) electrons. The van der Waals surface area contributed by atoms with Gasteiger partial charge in [-0.1, -0.05) is 53.7 Å². The SMILES string of the molecule is Cc1ccc(-c2nnc(S[C@H](C)C(=O)Nc3ccccc3F)n2N)cc1. The highest BCUT2D eigenvalue weighted by Crippen LogP contribution is 2.26. The van der Waals surface area contributed by atoms with Crippen LogP contribution >= 0.6 is 11.8 Å². The Balaban J connectivity index is 1.71. The zero-order valence-electron chi connectivity index (χ0n) is 14.3. The number of hydrogen-bond donors (Lipinski definition) is 2. The number of nitrogens with zero attached hydrogens (tertiary/aromatic N) is 3. The van der Waals surface area contributed by atoms with Crippen LogP contribution in [0, 0.1) is 12.7 Å². The number of amides is 1. The molecule has 0 saturated heterocycles. The van der Waals surface area contributed by atoms with Gasteiger partial charge in [0.1, 0.15) is 5.82 Å².